The monoisotopic (exact) mass is 505 g/mol. The summed E-state index contributed by atoms with van der Waals surface area (Å²) < 4.78 is 16.7. The molecule has 1 aliphatic heterocycles. The van der Waals surface area contributed by atoms with Crippen molar-refractivity contribution in [3.63, 3.8) is 0 Å². The highest BCUT2D eigenvalue weighted by atomic mass is 28.3. The highest BCUT2D eigenvalue weighted by molar-refractivity contribution is 6.48. The van der Waals surface area contributed by atoms with Crippen molar-refractivity contribution in [1.29, 1.82) is 0 Å². The second-order valence-corrected chi connectivity index (χ2v) is 13.0. The molecule has 0 radical (unpaired) electrons. The Bertz CT molecular complexity index is 1030. The van der Waals surface area contributed by atoms with Gasteiger partial charge in [-0.05, 0) is 55.0 Å². The summed E-state index contributed by atoms with van der Waals surface area (Å²) in [6.45, 7) is 10.3. The van der Waals surface area contributed by atoms with Crippen LogP contribution < -0.4 is 9.47 Å². The zero-order valence-electron chi connectivity index (χ0n) is 21.4. The first-order valence-electron chi connectivity index (χ1n) is 11.8. The molecule has 0 spiro atoms. The molecule has 2 aliphatic rings. The van der Waals surface area contributed by atoms with Crippen LogP contribution in [0.1, 0.15) is 43.1 Å². The molecule has 1 saturated heterocycles. The Hall–Kier alpha value is -2.72. The van der Waals surface area contributed by atoms with Gasteiger partial charge in [-0.25, -0.2) is 4.79 Å². The zero-order chi connectivity index (χ0) is 26.2. The Balaban J connectivity index is 2.05. The number of benzene rings is 1. The smallest absolute Gasteiger partial charge is 0.395 e. The third-order valence-corrected chi connectivity index (χ3v) is 7.95. The maximum absolute atomic E-state index is 13.7. The Morgan fingerprint density at radius 2 is 1.74 bits per heavy atom. The second kappa shape index (κ2) is 10.1. The summed E-state index contributed by atoms with van der Waals surface area (Å²) in [5.74, 6) is -4.57. The fourth-order valence-electron chi connectivity index (χ4n) is 5.22. The van der Waals surface area contributed by atoms with E-state index in [-0.39, 0.29) is 17.1 Å². The van der Waals surface area contributed by atoms with Gasteiger partial charge in [0.15, 0.2) is 26.3 Å². The van der Waals surface area contributed by atoms with Gasteiger partial charge < -0.3 is 19.0 Å². The summed E-state index contributed by atoms with van der Waals surface area (Å²) in [6.07, 6.45) is 0.907. The number of aliphatic carboxylic acids is 1. The van der Waals surface area contributed by atoms with E-state index < -0.39 is 44.7 Å². The Kier molecular flexibility index (Phi) is 7.76. The van der Waals surface area contributed by atoms with Crippen LogP contribution in [-0.2, 0) is 25.2 Å². The lowest BCUT2D eigenvalue weighted by molar-refractivity contribution is -0.182. The van der Waals surface area contributed by atoms with Crippen molar-refractivity contribution in [2.45, 2.75) is 52.7 Å². The van der Waals surface area contributed by atoms with Gasteiger partial charge in [0.2, 0.25) is 5.91 Å². The van der Waals surface area contributed by atoms with Crippen molar-refractivity contribution in [3.8, 4) is 11.5 Å². The van der Waals surface area contributed by atoms with Gasteiger partial charge in [-0.1, -0.05) is 20.8 Å². The summed E-state index contributed by atoms with van der Waals surface area (Å²) in [6, 6.07) is 2.54. The third-order valence-electron chi connectivity index (χ3n) is 7.09. The molecule has 10 heteroatoms. The Morgan fingerprint density at radius 1 is 1.14 bits per heavy atom. The molecule has 1 heterocycles. The Labute approximate surface area is 207 Å². The molecule has 3 rings (SSSR count). The number of carboxylic acid groups (broad SMARTS) is 1. The van der Waals surface area contributed by atoms with Gasteiger partial charge in [-0.15, -0.1) is 0 Å². The first kappa shape index (κ1) is 26.9. The van der Waals surface area contributed by atoms with Crippen LogP contribution in [0.15, 0.2) is 12.1 Å². The number of hydrogen-bond donors (Lipinski definition) is 1. The number of Topliss-reactive ketones (excluding diaryl/α,β-unsaturated/α-hetero) is 1. The normalized spacial score (nSPS) is 23.0. The van der Waals surface area contributed by atoms with Crippen molar-refractivity contribution >= 4 is 32.6 Å². The molecule has 2 amide bonds. The van der Waals surface area contributed by atoms with Crippen molar-refractivity contribution < 1.29 is 38.2 Å². The molecule has 0 bridgehead atoms. The van der Waals surface area contributed by atoms with Crippen LogP contribution in [0, 0.1) is 23.2 Å². The molecule has 1 fully saturated rings. The van der Waals surface area contributed by atoms with Gasteiger partial charge in [0.1, 0.15) is 0 Å². The van der Waals surface area contributed by atoms with Crippen molar-refractivity contribution in [3.05, 3.63) is 23.3 Å². The molecule has 1 aliphatic carbocycles. The number of likely N-dealkylation sites (tertiary alicyclic amines) is 1. The van der Waals surface area contributed by atoms with E-state index in [9.17, 15) is 24.3 Å². The van der Waals surface area contributed by atoms with Gasteiger partial charge in [0, 0.05) is 18.1 Å². The summed E-state index contributed by atoms with van der Waals surface area (Å²) >= 11 is 0. The second-order valence-electron chi connectivity index (χ2n) is 10.6. The first-order chi connectivity index (χ1) is 16.3. The highest BCUT2D eigenvalue weighted by Gasteiger charge is 2.61. The molecule has 9 nitrogen and oxygen atoms in total. The number of rotatable bonds is 7. The topological polar surface area (TPSA) is 119 Å². The minimum atomic E-state index is -1.71. The standard InChI is InChI=1S/C25H35NO8Si/c1-25(2,3)16(12-34-35(6)7)19-20(26(22(19)28)23(29)24(30)31)14-9-8-13-10-17(32-4)18(33-5)11-15(13)21(14)27/h10-11,14,16,19-20,35H,8-9,12H2,1-7H3,(H,30,31)/t14-,16-,19+,20-/m1/s1. The lowest BCUT2D eigenvalue weighted by Crippen LogP contribution is -2.71. The van der Waals surface area contributed by atoms with Gasteiger partial charge in [0.25, 0.3) is 0 Å². The van der Waals surface area contributed by atoms with Crippen molar-refractivity contribution in [1.82, 2.24) is 4.90 Å². The number of fused-ring (bicyclic) bond motifs is 1. The number of β-lactam (4-membered cyclic amide) rings is 1. The van der Waals surface area contributed by atoms with Crippen LogP contribution in [-0.4, -0.2) is 69.5 Å². The molecule has 0 unspecified atom stereocenters. The number of carboxylic acids is 1. The summed E-state index contributed by atoms with van der Waals surface area (Å²) in [7, 11) is 1.59. The van der Waals surface area contributed by atoms with Crippen LogP contribution in [0.5, 0.6) is 11.5 Å². The fourth-order valence-corrected chi connectivity index (χ4v) is 5.82. The SMILES string of the molecule is COc1cc2c(cc1OC)C(=O)[C@@H]([C@@H]1[C@H]([C@@H](CO[SiH](C)C)C(C)(C)C)C(=O)N1C(=O)C(=O)O)CC2. The van der Waals surface area contributed by atoms with Gasteiger partial charge >= 0.3 is 11.9 Å². The number of carbonyl (C=O) groups is 4. The molecular weight excluding hydrogens is 470 g/mol. The quantitative estimate of drug-likeness (QED) is 0.341. The maximum atomic E-state index is 13.7. The number of nitrogens with zero attached hydrogens (tertiary/aromatic N) is 1. The molecule has 192 valence electrons. The van der Waals surface area contributed by atoms with E-state index in [0.29, 0.717) is 36.5 Å². The predicted molar refractivity (Wildman–Crippen MR) is 130 cm³/mol. The van der Waals surface area contributed by atoms with E-state index in [2.05, 4.69) is 0 Å². The minimum Gasteiger partial charge on any atom is -0.493 e. The van der Waals surface area contributed by atoms with Crippen LogP contribution in [0.2, 0.25) is 13.1 Å². The Morgan fingerprint density at radius 3 is 2.26 bits per heavy atom. The number of methoxy groups -OCH3 is 2. The first-order valence-corrected chi connectivity index (χ1v) is 14.6. The molecule has 1 aromatic rings. The maximum Gasteiger partial charge on any atom is 0.395 e. The number of amides is 2. The van der Waals surface area contributed by atoms with Gasteiger partial charge in [0.05, 0.1) is 26.2 Å². The lowest BCUT2D eigenvalue weighted by atomic mass is 9.61. The molecule has 1 aromatic carbocycles. The van der Waals surface area contributed by atoms with E-state index in [1.807, 2.05) is 33.9 Å². The molecule has 1 N–H and O–H groups in total. The number of imide groups is 1. The van der Waals surface area contributed by atoms with E-state index in [0.717, 1.165) is 10.5 Å². The van der Waals surface area contributed by atoms with Crippen LogP contribution in [0.25, 0.3) is 0 Å². The van der Waals surface area contributed by atoms with E-state index in [1.165, 1.54) is 14.2 Å². The highest BCUT2D eigenvalue weighted by Crippen LogP contribution is 2.48. The summed E-state index contributed by atoms with van der Waals surface area (Å²) in [4.78, 5) is 51.9. The van der Waals surface area contributed by atoms with Gasteiger partial charge in [-0.3, -0.25) is 19.3 Å². The fraction of sp³-hybridized carbons (Fsp3) is 0.600. The minimum absolute atomic E-state index is 0.232. The van der Waals surface area contributed by atoms with Crippen molar-refractivity contribution in [2.24, 2.45) is 23.2 Å². The lowest BCUT2D eigenvalue weighted by Gasteiger charge is -2.54. The van der Waals surface area contributed by atoms with E-state index in [1.54, 1.807) is 12.1 Å². The van der Waals surface area contributed by atoms with E-state index in [4.69, 9.17) is 13.9 Å². The summed E-state index contributed by atoms with van der Waals surface area (Å²) in [5.41, 5.74) is 0.869. The molecule has 0 aromatic heterocycles. The molecule has 35 heavy (non-hydrogen) atoms. The largest absolute Gasteiger partial charge is 0.493 e. The zero-order valence-corrected chi connectivity index (χ0v) is 22.6. The number of ketones is 1. The number of carbonyl (C=O) groups excluding carboxylic acids is 3. The predicted octanol–water partition coefficient (Wildman–Crippen LogP) is 2.55. The van der Waals surface area contributed by atoms with Crippen LogP contribution in [0.4, 0.5) is 0 Å². The average Bonchev–Trinajstić information content (AvgIpc) is 2.78. The van der Waals surface area contributed by atoms with E-state index >= 15 is 0 Å². The molecular formula is C25H35NO8Si. The number of ether oxygens (including phenoxy) is 2. The number of aryl methyl sites for hydroxylation is 1. The van der Waals surface area contributed by atoms with Gasteiger partial charge in [-0.2, -0.15) is 0 Å². The average molecular weight is 506 g/mol. The number of hydrogen-bond acceptors (Lipinski definition) is 7. The third kappa shape index (κ3) is 4.99. The van der Waals surface area contributed by atoms with Crippen LogP contribution >= 0.6 is 0 Å². The molecule has 0 saturated carbocycles. The van der Waals surface area contributed by atoms with Crippen molar-refractivity contribution in [2.75, 3.05) is 20.8 Å². The summed E-state index contributed by atoms with van der Waals surface area (Å²) in [5, 5.41) is 9.38. The molecule has 4 atom stereocenters. The van der Waals surface area contributed by atoms with Crippen LogP contribution in [0.3, 0.4) is 0 Å².